The number of ether oxygens (including phenoxy) is 2. The summed E-state index contributed by atoms with van der Waals surface area (Å²) in [6.45, 7) is 3.48. The van der Waals surface area contributed by atoms with Crippen LogP contribution in [0.5, 0.6) is 5.88 Å². The Balaban J connectivity index is 1.11. The van der Waals surface area contributed by atoms with Gasteiger partial charge in [0.25, 0.3) is 0 Å². The van der Waals surface area contributed by atoms with Gasteiger partial charge in [0.05, 0.1) is 60.7 Å². The number of imidazole rings is 1. The zero-order valence-corrected chi connectivity index (χ0v) is 24.2. The number of fused-ring (bicyclic) bond motifs is 2. The Morgan fingerprint density at radius 2 is 1.95 bits per heavy atom. The number of carbonyl (C=O) groups is 1. The maximum absolute atomic E-state index is 14.2. The summed E-state index contributed by atoms with van der Waals surface area (Å²) in [6.07, 6.45) is 2.95. The minimum Gasteiger partial charge on any atom is -0.478 e. The number of anilines is 1. The number of hydrogen-bond donors (Lipinski definition) is 1. The molecule has 0 radical (unpaired) electrons. The largest absolute Gasteiger partial charge is 0.478 e. The molecule has 11 nitrogen and oxygen atoms in total. The SMILES string of the molecule is O=C(O)c1ccc2nc(CN3CCN(c4cccc(OCc5ccc(Cl)cc5F)n4)[C@H]4COC[C@H]43)n(Cc3cocn3)c2c1. The molecule has 2 fully saturated rings. The van der Waals surface area contributed by atoms with E-state index in [9.17, 15) is 14.3 Å². The van der Waals surface area contributed by atoms with Gasteiger partial charge >= 0.3 is 5.97 Å². The van der Waals surface area contributed by atoms with Gasteiger partial charge in [0.2, 0.25) is 5.88 Å². The van der Waals surface area contributed by atoms with Crippen molar-refractivity contribution in [1.82, 2.24) is 24.4 Å². The number of piperazine rings is 1. The van der Waals surface area contributed by atoms with Crippen molar-refractivity contribution in [3.05, 3.63) is 101 Å². The Labute approximate surface area is 256 Å². The van der Waals surface area contributed by atoms with Crippen molar-refractivity contribution in [1.29, 1.82) is 0 Å². The van der Waals surface area contributed by atoms with Crippen molar-refractivity contribution in [3.63, 3.8) is 0 Å². The highest BCUT2D eigenvalue weighted by Gasteiger charge is 2.42. The van der Waals surface area contributed by atoms with Crippen LogP contribution in [0.1, 0.15) is 27.4 Å². The monoisotopic (exact) mass is 618 g/mol. The topological polar surface area (TPSA) is 119 Å². The highest BCUT2D eigenvalue weighted by molar-refractivity contribution is 6.30. The van der Waals surface area contributed by atoms with Crippen molar-refractivity contribution in [3.8, 4) is 5.88 Å². The molecule has 3 aromatic heterocycles. The maximum atomic E-state index is 14.2. The summed E-state index contributed by atoms with van der Waals surface area (Å²) in [7, 11) is 0. The lowest BCUT2D eigenvalue weighted by molar-refractivity contribution is 0.0697. The molecule has 2 saturated heterocycles. The van der Waals surface area contributed by atoms with Gasteiger partial charge in [-0.25, -0.2) is 19.2 Å². The Morgan fingerprint density at radius 1 is 1.07 bits per heavy atom. The van der Waals surface area contributed by atoms with Gasteiger partial charge in [-0.3, -0.25) is 4.90 Å². The second-order valence-electron chi connectivity index (χ2n) is 10.8. The molecule has 0 spiro atoms. The Kier molecular flexibility index (Phi) is 7.62. The van der Waals surface area contributed by atoms with Gasteiger partial charge < -0.3 is 28.5 Å². The van der Waals surface area contributed by atoms with Crippen LogP contribution in [-0.2, 0) is 24.4 Å². The molecule has 7 rings (SSSR count). The number of aromatic carboxylic acids is 1. The quantitative estimate of drug-likeness (QED) is 0.250. The third kappa shape index (κ3) is 5.59. The van der Waals surface area contributed by atoms with Gasteiger partial charge in [-0.05, 0) is 36.4 Å². The molecule has 0 unspecified atom stereocenters. The standard InChI is InChI=1S/C31H28ClFN6O5/c32-21-6-4-20(23(33)11-21)14-44-30-3-1-2-28(36-30)38-9-8-37(26-16-42-17-27(26)38)13-29-35-24-7-5-19(31(40)41)10-25(24)39(29)12-22-15-43-18-34-22/h1-7,10-11,15,18,26-27H,8-9,12-14,16-17H2,(H,40,41)/t26-,27+/m1/s1. The van der Waals surface area contributed by atoms with E-state index in [1.165, 1.54) is 12.5 Å². The van der Waals surface area contributed by atoms with E-state index in [0.29, 0.717) is 60.5 Å². The summed E-state index contributed by atoms with van der Waals surface area (Å²) < 4.78 is 33.3. The first-order chi connectivity index (χ1) is 21.4. The summed E-state index contributed by atoms with van der Waals surface area (Å²) in [5.41, 5.74) is 2.74. The van der Waals surface area contributed by atoms with Crippen LogP contribution >= 0.6 is 11.6 Å². The number of oxazole rings is 1. The lowest BCUT2D eigenvalue weighted by atomic mass is 10.0. The van der Waals surface area contributed by atoms with Crippen LogP contribution in [0.25, 0.3) is 11.0 Å². The molecular formula is C31H28ClFN6O5. The first-order valence-electron chi connectivity index (χ1n) is 14.1. The summed E-state index contributed by atoms with van der Waals surface area (Å²) >= 11 is 5.87. The van der Waals surface area contributed by atoms with Crippen LogP contribution < -0.4 is 9.64 Å². The number of aromatic nitrogens is 4. The lowest BCUT2D eigenvalue weighted by Crippen LogP contribution is -2.59. The van der Waals surface area contributed by atoms with Gasteiger partial charge in [0, 0.05) is 29.7 Å². The Bertz CT molecular complexity index is 1810. The van der Waals surface area contributed by atoms with Gasteiger partial charge in [-0.2, -0.15) is 4.98 Å². The number of rotatable bonds is 9. The second kappa shape index (κ2) is 11.9. The molecule has 13 heteroatoms. The molecule has 0 aliphatic carbocycles. The van der Waals surface area contributed by atoms with E-state index in [2.05, 4.69) is 14.8 Å². The van der Waals surface area contributed by atoms with E-state index < -0.39 is 11.8 Å². The van der Waals surface area contributed by atoms with Gasteiger partial charge in [-0.15, -0.1) is 0 Å². The highest BCUT2D eigenvalue weighted by Crippen LogP contribution is 2.30. The zero-order valence-electron chi connectivity index (χ0n) is 23.5. The molecule has 226 valence electrons. The van der Waals surface area contributed by atoms with E-state index in [-0.39, 0.29) is 24.3 Å². The molecule has 44 heavy (non-hydrogen) atoms. The number of nitrogens with zero attached hydrogens (tertiary/aromatic N) is 6. The second-order valence-corrected chi connectivity index (χ2v) is 11.2. The third-order valence-electron chi connectivity index (χ3n) is 8.13. The van der Waals surface area contributed by atoms with Crippen LogP contribution in [0, 0.1) is 5.82 Å². The molecular weight excluding hydrogens is 591 g/mol. The Morgan fingerprint density at radius 3 is 2.77 bits per heavy atom. The fraction of sp³-hybridized carbons (Fsp3) is 0.290. The van der Waals surface area contributed by atoms with Crippen LogP contribution in [0.4, 0.5) is 10.2 Å². The molecule has 2 aromatic carbocycles. The fourth-order valence-corrected chi connectivity index (χ4v) is 6.08. The molecule has 5 aromatic rings. The molecule has 5 heterocycles. The van der Waals surface area contributed by atoms with Gasteiger partial charge in [-0.1, -0.05) is 23.7 Å². The van der Waals surface area contributed by atoms with Crippen molar-refractivity contribution in [2.24, 2.45) is 0 Å². The zero-order chi connectivity index (χ0) is 30.2. The molecule has 2 atom stereocenters. The highest BCUT2D eigenvalue weighted by atomic mass is 35.5. The first-order valence-corrected chi connectivity index (χ1v) is 14.5. The maximum Gasteiger partial charge on any atom is 0.335 e. The van der Waals surface area contributed by atoms with E-state index in [4.69, 9.17) is 35.5 Å². The number of hydrogen-bond acceptors (Lipinski definition) is 9. The lowest BCUT2D eigenvalue weighted by Gasteiger charge is -2.44. The molecule has 2 aliphatic heterocycles. The van der Waals surface area contributed by atoms with E-state index >= 15 is 0 Å². The number of halogens is 2. The van der Waals surface area contributed by atoms with E-state index in [1.54, 1.807) is 42.7 Å². The molecule has 0 saturated carbocycles. The number of benzene rings is 2. The fourth-order valence-electron chi connectivity index (χ4n) is 5.92. The van der Waals surface area contributed by atoms with Crippen LogP contribution in [0.3, 0.4) is 0 Å². The normalized spacial score (nSPS) is 18.5. The predicted octanol–water partition coefficient (Wildman–Crippen LogP) is 4.63. The van der Waals surface area contributed by atoms with E-state index in [1.807, 2.05) is 16.7 Å². The van der Waals surface area contributed by atoms with Crippen LogP contribution in [-0.4, -0.2) is 73.9 Å². The average molecular weight is 619 g/mol. The molecule has 0 amide bonds. The molecule has 2 aliphatic rings. The van der Waals surface area contributed by atoms with E-state index in [0.717, 1.165) is 23.7 Å². The van der Waals surface area contributed by atoms with Crippen molar-refractivity contribution < 1.29 is 28.2 Å². The van der Waals surface area contributed by atoms with Crippen LogP contribution in [0.2, 0.25) is 5.02 Å². The average Bonchev–Trinajstić information content (AvgIpc) is 3.78. The number of carboxylic acid groups (broad SMARTS) is 1. The Hall–Kier alpha value is -4.52. The van der Waals surface area contributed by atoms with Gasteiger partial charge in [0.1, 0.15) is 30.3 Å². The van der Waals surface area contributed by atoms with Gasteiger partial charge in [0.15, 0.2) is 6.39 Å². The smallest absolute Gasteiger partial charge is 0.335 e. The third-order valence-corrected chi connectivity index (χ3v) is 8.37. The summed E-state index contributed by atoms with van der Waals surface area (Å²) in [4.78, 5) is 30.2. The summed E-state index contributed by atoms with van der Waals surface area (Å²) in [6, 6.07) is 15.2. The minimum absolute atomic E-state index is 0.0334. The molecule has 0 bridgehead atoms. The minimum atomic E-state index is -0.995. The summed E-state index contributed by atoms with van der Waals surface area (Å²) in [5, 5.41) is 9.92. The van der Waals surface area contributed by atoms with Crippen molar-refractivity contribution in [2.75, 3.05) is 31.2 Å². The first kappa shape index (κ1) is 28.3. The number of carboxylic acids is 1. The molecule has 1 N–H and O–H groups in total. The predicted molar refractivity (Wildman–Crippen MR) is 158 cm³/mol. The summed E-state index contributed by atoms with van der Waals surface area (Å²) in [5.74, 6) is 0.542. The van der Waals surface area contributed by atoms with Crippen LogP contribution in [0.15, 0.2) is 71.7 Å². The van der Waals surface area contributed by atoms with Crippen molar-refractivity contribution >= 4 is 34.4 Å². The van der Waals surface area contributed by atoms with Crippen molar-refractivity contribution in [2.45, 2.75) is 31.8 Å². The number of pyridine rings is 1.